The van der Waals surface area contributed by atoms with Gasteiger partial charge >= 0.3 is 17.1 Å². The molecule has 1 rings (SSSR count). The summed E-state index contributed by atoms with van der Waals surface area (Å²) in [4.78, 5) is 0. The molecule has 0 saturated carbocycles. The van der Waals surface area contributed by atoms with Crippen LogP contribution in [0.5, 0.6) is 0 Å². The highest BCUT2D eigenvalue weighted by Gasteiger charge is 2.40. The van der Waals surface area contributed by atoms with Crippen LogP contribution in [0.1, 0.15) is 26.7 Å². The Morgan fingerprint density at radius 3 is 1.09 bits per heavy atom. The van der Waals surface area contributed by atoms with Crippen molar-refractivity contribution in [3.8, 4) is 0 Å². The number of hydrogen-bond donors (Lipinski definition) is 0. The van der Waals surface area contributed by atoms with Crippen LogP contribution in [0.2, 0.25) is 12.1 Å². The number of benzene rings is 1. The van der Waals surface area contributed by atoms with Crippen molar-refractivity contribution in [1.29, 1.82) is 0 Å². The van der Waals surface area contributed by atoms with Crippen molar-refractivity contribution < 1.29 is 17.7 Å². The van der Waals surface area contributed by atoms with E-state index >= 15 is 0 Å². The summed E-state index contributed by atoms with van der Waals surface area (Å²) >= 11 is 0. The third-order valence-corrected chi connectivity index (χ3v) is 11.6. The van der Waals surface area contributed by atoms with Gasteiger partial charge < -0.3 is 17.7 Å². The molecule has 0 bridgehead atoms. The largest absolute Gasteiger partial charge is 0.394 e. The van der Waals surface area contributed by atoms with E-state index in [0.29, 0.717) is 0 Å². The van der Waals surface area contributed by atoms with Crippen LogP contribution in [-0.4, -0.2) is 45.6 Å². The lowest BCUT2D eigenvalue weighted by atomic mass is 10.4. The zero-order valence-corrected chi connectivity index (χ0v) is 16.8. The standard InChI is InChI=1S/C16H30O4Si2/c1-7-13-21(17-3,18-4)15-9-11-16(12-10-15)22(19-5,20-6)14-8-2/h9-12H,7-8,13-14H2,1-6H3. The second-order valence-corrected chi connectivity index (χ2v) is 12.2. The number of hydrogen-bond acceptors (Lipinski definition) is 4. The normalized spacial score (nSPS) is 12.6. The summed E-state index contributed by atoms with van der Waals surface area (Å²) in [5.74, 6) is 0. The van der Waals surface area contributed by atoms with E-state index in [2.05, 4.69) is 38.1 Å². The predicted octanol–water partition coefficient (Wildman–Crippen LogP) is 2.39. The lowest BCUT2D eigenvalue weighted by Crippen LogP contribution is -2.55. The van der Waals surface area contributed by atoms with E-state index in [-0.39, 0.29) is 0 Å². The van der Waals surface area contributed by atoms with Gasteiger partial charge in [-0.2, -0.15) is 0 Å². The van der Waals surface area contributed by atoms with Crippen LogP contribution in [0.15, 0.2) is 24.3 Å². The molecule has 0 atom stereocenters. The Bertz CT molecular complexity index is 387. The van der Waals surface area contributed by atoms with Gasteiger partial charge in [-0.25, -0.2) is 0 Å². The molecule has 0 saturated heterocycles. The first-order chi connectivity index (χ1) is 10.6. The Kier molecular flexibility index (Phi) is 7.95. The average molecular weight is 343 g/mol. The van der Waals surface area contributed by atoms with E-state index in [1.807, 2.05) is 0 Å². The minimum atomic E-state index is -2.31. The van der Waals surface area contributed by atoms with Crippen molar-refractivity contribution in [3.63, 3.8) is 0 Å². The fourth-order valence-corrected chi connectivity index (χ4v) is 8.31. The van der Waals surface area contributed by atoms with Gasteiger partial charge in [0.1, 0.15) is 0 Å². The summed E-state index contributed by atoms with van der Waals surface area (Å²) in [5.41, 5.74) is 0. The summed E-state index contributed by atoms with van der Waals surface area (Å²) in [6, 6.07) is 10.4. The first-order valence-corrected chi connectivity index (χ1v) is 11.9. The molecule has 1 aromatic rings. The Hall–Kier alpha value is -0.506. The SMILES string of the molecule is CCC[Si](OC)(OC)c1ccc([Si](CCC)(OC)OC)cc1. The fourth-order valence-electron chi connectivity index (χ4n) is 2.97. The summed E-state index contributed by atoms with van der Waals surface area (Å²) in [7, 11) is 2.39. The van der Waals surface area contributed by atoms with E-state index in [0.717, 1.165) is 35.3 Å². The van der Waals surface area contributed by atoms with Crippen molar-refractivity contribution in [1.82, 2.24) is 0 Å². The van der Waals surface area contributed by atoms with Crippen molar-refractivity contribution in [3.05, 3.63) is 24.3 Å². The van der Waals surface area contributed by atoms with Gasteiger partial charge in [0.2, 0.25) is 0 Å². The average Bonchev–Trinajstić information content (AvgIpc) is 2.58. The molecule has 0 aromatic heterocycles. The Morgan fingerprint density at radius 1 is 0.636 bits per heavy atom. The molecule has 0 aliphatic heterocycles. The molecule has 0 heterocycles. The first kappa shape index (κ1) is 19.5. The predicted molar refractivity (Wildman–Crippen MR) is 95.5 cm³/mol. The molecule has 126 valence electrons. The first-order valence-electron chi connectivity index (χ1n) is 7.89. The molecule has 6 heteroatoms. The Labute approximate surface area is 137 Å². The van der Waals surface area contributed by atoms with Gasteiger partial charge in [-0.05, 0) is 22.5 Å². The molecule has 0 fully saturated rings. The molecule has 0 amide bonds. The minimum absolute atomic E-state index is 0.950. The summed E-state index contributed by atoms with van der Waals surface area (Å²) in [5, 5.41) is 2.32. The topological polar surface area (TPSA) is 36.9 Å². The van der Waals surface area contributed by atoms with Crippen molar-refractivity contribution >= 4 is 27.5 Å². The van der Waals surface area contributed by atoms with Crippen molar-refractivity contribution in [2.75, 3.05) is 28.4 Å². The van der Waals surface area contributed by atoms with E-state index in [9.17, 15) is 0 Å². The van der Waals surface area contributed by atoms with E-state index in [1.165, 1.54) is 0 Å². The molecule has 0 aliphatic carbocycles. The second-order valence-electron chi connectivity index (χ2n) is 5.40. The molecule has 1 aromatic carbocycles. The van der Waals surface area contributed by atoms with Gasteiger partial charge in [0, 0.05) is 28.4 Å². The zero-order chi connectivity index (χ0) is 16.6. The van der Waals surface area contributed by atoms with Crippen LogP contribution in [0.3, 0.4) is 0 Å². The summed E-state index contributed by atoms with van der Waals surface area (Å²) in [6.07, 6.45) is 2.08. The maximum atomic E-state index is 5.80. The molecule has 22 heavy (non-hydrogen) atoms. The fraction of sp³-hybridized carbons (Fsp3) is 0.625. The van der Waals surface area contributed by atoms with Gasteiger partial charge in [0.15, 0.2) is 0 Å². The molecule has 4 nitrogen and oxygen atoms in total. The molecule has 0 unspecified atom stereocenters. The zero-order valence-electron chi connectivity index (χ0n) is 14.8. The highest BCUT2D eigenvalue weighted by Crippen LogP contribution is 2.17. The molecular formula is C16H30O4Si2. The summed E-state index contributed by atoms with van der Waals surface area (Å²) < 4.78 is 23.2. The van der Waals surface area contributed by atoms with Gasteiger partial charge in [0.05, 0.1) is 0 Å². The maximum absolute atomic E-state index is 5.80. The molecule has 0 radical (unpaired) electrons. The third-order valence-electron chi connectivity index (χ3n) is 4.24. The van der Waals surface area contributed by atoms with Gasteiger partial charge in [-0.3, -0.25) is 0 Å². The second kappa shape index (κ2) is 8.95. The Morgan fingerprint density at radius 2 is 0.909 bits per heavy atom. The lowest BCUT2D eigenvalue weighted by molar-refractivity contribution is 0.256. The van der Waals surface area contributed by atoms with Gasteiger partial charge in [-0.15, -0.1) is 0 Å². The van der Waals surface area contributed by atoms with Crippen LogP contribution in [0.25, 0.3) is 0 Å². The van der Waals surface area contributed by atoms with Gasteiger partial charge in [-0.1, -0.05) is 51.0 Å². The number of rotatable bonds is 10. The highest BCUT2D eigenvalue weighted by molar-refractivity contribution is 6.82. The maximum Gasteiger partial charge on any atom is 0.371 e. The monoisotopic (exact) mass is 342 g/mol. The molecule has 0 aliphatic rings. The molecule has 0 spiro atoms. The van der Waals surface area contributed by atoms with E-state index in [4.69, 9.17) is 17.7 Å². The molecular weight excluding hydrogens is 312 g/mol. The van der Waals surface area contributed by atoms with Crippen LogP contribution in [0, 0.1) is 0 Å². The van der Waals surface area contributed by atoms with Crippen molar-refractivity contribution in [2.45, 2.75) is 38.8 Å². The van der Waals surface area contributed by atoms with Gasteiger partial charge in [0.25, 0.3) is 0 Å². The van der Waals surface area contributed by atoms with Crippen LogP contribution in [0.4, 0.5) is 0 Å². The minimum Gasteiger partial charge on any atom is -0.394 e. The van der Waals surface area contributed by atoms with Crippen LogP contribution >= 0.6 is 0 Å². The van der Waals surface area contributed by atoms with E-state index in [1.54, 1.807) is 28.4 Å². The highest BCUT2D eigenvalue weighted by atomic mass is 28.4. The summed E-state index contributed by atoms with van der Waals surface area (Å²) in [6.45, 7) is 4.31. The quantitative estimate of drug-likeness (QED) is 0.612. The van der Waals surface area contributed by atoms with Crippen LogP contribution in [-0.2, 0) is 17.7 Å². The molecule has 0 N–H and O–H groups in total. The van der Waals surface area contributed by atoms with Crippen LogP contribution < -0.4 is 10.4 Å². The third kappa shape index (κ3) is 3.87. The van der Waals surface area contributed by atoms with E-state index < -0.39 is 17.1 Å². The Balaban J connectivity index is 3.17. The van der Waals surface area contributed by atoms with Crippen molar-refractivity contribution in [2.24, 2.45) is 0 Å². The smallest absolute Gasteiger partial charge is 0.371 e. The lowest BCUT2D eigenvalue weighted by Gasteiger charge is -2.30.